The minimum absolute atomic E-state index is 0. The highest BCUT2D eigenvalue weighted by Gasteiger charge is 2.15. The van der Waals surface area contributed by atoms with Crippen LogP contribution in [0.1, 0.15) is 119 Å². The number of quaternary nitrogens is 1. The van der Waals surface area contributed by atoms with Gasteiger partial charge in [-0.05, 0) is 55.9 Å². The molecule has 0 aromatic heterocycles. The molecule has 1 aromatic rings. The zero-order valence-electron chi connectivity index (χ0n) is 20.3. The Kier molecular flexibility index (Phi) is 15.3. The quantitative estimate of drug-likeness (QED) is 0.208. The molecule has 4 nitrogen and oxygen atoms in total. The minimum Gasteiger partial charge on any atom is -0.744 e. The Hall–Kier alpha value is -0.910. The van der Waals surface area contributed by atoms with Gasteiger partial charge >= 0.3 is 0 Å². The summed E-state index contributed by atoms with van der Waals surface area (Å²) in [6, 6.07) is 1.90. The maximum absolute atomic E-state index is 11.7. The van der Waals surface area contributed by atoms with Crippen LogP contribution >= 0.6 is 0 Å². The molecule has 0 aliphatic carbocycles. The Morgan fingerprint density at radius 2 is 1.10 bits per heavy atom. The van der Waals surface area contributed by atoms with Crippen molar-refractivity contribution in [1.82, 2.24) is 6.15 Å². The first kappa shape index (κ1) is 29.1. The van der Waals surface area contributed by atoms with Crippen LogP contribution in [0.25, 0.3) is 0 Å². The van der Waals surface area contributed by atoms with Crippen LogP contribution in [0.15, 0.2) is 11.0 Å². The van der Waals surface area contributed by atoms with Crippen molar-refractivity contribution in [2.75, 3.05) is 0 Å². The number of hydrogen-bond donors (Lipinski definition) is 1. The Bertz CT molecular complexity index is 699. The van der Waals surface area contributed by atoms with Crippen molar-refractivity contribution in [3.05, 3.63) is 28.3 Å². The molecule has 0 spiro atoms. The lowest BCUT2D eigenvalue weighted by molar-refractivity contribution is 0.461. The van der Waals surface area contributed by atoms with Gasteiger partial charge in [0.1, 0.15) is 10.1 Å². The van der Waals surface area contributed by atoms with E-state index >= 15 is 0 Å². The molecule has 0 atom stereocenters. The minimum atomic E-state index is -4.42. The van der Waals surface area contributed by atoms with Gasteiger partial charge in [0.05, 0.1) is 4.90 Å². The molecule has 0 aliphatic rings. The maximum Gasteiger partial charge on any atom is 0.124 e. The van der Waals surface area contributed by atoms with Crippen LogP contribution in [0.2, 0.25) is 0 Å². The standard InChI is InChI=1S/C25H44O3S.H3N/c1-5-6-7-8-9-10-11-12-13-14-15-16-17-18-19-24-20-21(2)22(3)23(4)25(24)29(26,27)28;/h20H,5-19H2,1-4H3,(H,26,27,28);1H3. The normalized spacial score (nSPS) is 11.5. The molecular weight excluding hydrogens is 394 g/mol. The summed E-state index contributed by atoms with van der Waals surface area (Å²) in [6.45, 7) is 7.88. The van der Waals surface area contributed by atoms with E-state index in [9.17, 15) is 13.0 Å². The fourth-order valence-electron chi connectivity index (χ4n) is 4.19. The Balaban J connectivity index is 0.00000841. The fourth-order valence-corrected chi connectivity index (χ4v) is 5.20. The van der Waals surface area contributed by atoms with Gasteiger partial charge in [-0.2, -0.15) is 0 Å². The molecule has 0 saturated heterocycles. The van der Waals surface area contributed by atoms with Crippen molar-refractivity contribution >= 4 is 10.1 Å². The van der Waals surface area contributed by atoms with Crippen LogP contribution in [-0.2, 0) is 16.5 Å². The number of benzene rings is 1. The average molecular weight is 442 g/mol. The summed E-state index contributed by atoms with van der Waals surface area (Å²) < 4.78 is 35.2. The summed E-state index contributed by atoms with van der Waals surface area (Å²) in [4.78, 5) is 0.0234. The van der Waals surface area contributed by atoms with Gasteiger partial charge < -0.3 is 10.7 Å². The van der Waals surface area contributed by atoms with Crippen molar-refractivity contribution in [3.63, 3.8) is 0 Å². The second-order valence-electron chi connectivity index (χ2n) is 8.73. The van der Waals surface area contributed by atoms with Crippen LogP contribution in [-0.4, -0.2) is 13.0 Å². The van der Waals surface area contributed by atoms with E-state index in [0.717, 1.165) is 24.0 Å². The molecule has 1 aromatic carbocycles. The molecule has 0 fully saturated rings. The Morgan fingerprint density at radius 1 is 0.700 bits per heavy atom. The van der Waals surface area contributed by atoms with Gasteiger partial charge in [-0.1, -0.05) is 96.5 Å². The van der Waals surface area contributed by atoms with Gasteiger partial charge in [0, 0.05) is 0 Å². The average Bonchev–Trinajstić information content (AvgIpc) is 2.65. The molecule has 30 heavy (non-hydrogen) atoms. The summed E-state index contributed by atoms with van der Waals surface area (Å²) in [5, 5.41) is 0. The van der Waals surface area contributed by atoms with Crippen molar-refractivity contribution < 1.29 is 13.0 Å². The summed E-state index contributed by atoms with van der Waals surface area (Å²) >= 11 is 0. The second-order valence-corrected chi connectivity index (χ2v) is 10.0. The molecule has 0 radical (unpaired) electrons. The molecule has 0 bridgehead atoms. The summed E-state index contributed by atoms with van der Waals surface area (Å²) in [5.41, 5.74) is 3.30. The van der Waals surface area contributed by atoms with Gasteiger partial charge in [0.2, 0.25) is 0 Å². The predicted molar refractivity (Wildman–Crippen MR) is 129 cm³/mol. The van der Waals surface area contributed by atoms with Crippen molar-refractivity contribution in [3.8, 4) is 0 Å². The van der Waals surface area contributed by atoms with E-state index in [1.165, 1.54) is 77.0 Å². The summed E-state index contributed by atoms with van der Waals surface area (Å²) in [6.07, 6.45) is 18.9. The zero-order chi connectivity index (χ0) is 21.7. The Labute approximate surface area is 186 Å². The maximum atomic E-state index is 11.7. The summed E-state index contributed by atoms with van der Waals surface area (Å²) in [7, 11) is -4.42. The molecule has 4 N–H and O–H groups in total. The van der Waals surface area contributed by atoms with Crippen molar-refractivity contribution in [2.45, 2.75) is 129 Å². The van der Waals surface area contributed by atoms with E-state index in [2.05, 4.69) is 6.92 Å². The first-order valence-corrected chi connectivity index (χ1v) is 13.3. The molecule has 0 amide bonds. The van der Waals surface area contributed by atoms with Crippen LogP contribution in [0, 0.1) is 20.8 Å². The van der Waals surface area contributed by atoms with Gasteiger partial charge in [0.25, 0.3) is 0 Å². The van der Waals surface area contributed by atoms with E-state index in [1.807, 2.05) is 19.9 Å². The lowest BCUT2D eigenvalue weighted by Crippen LogP contribution is -2.09. The van der Waals surface area contributed by atoms with E-state index in [-0.39, 0.29) is 11.0 Å². The molecule has 0 aliphatic heterocycles. The first-order chi connectivity index (χ1) is 13.8. The van der Waals surface area contributed by atoms with Gasteiger partial charge in [0.15, 0.2) is 0 Å². The fraction of sp³-hybridized carbons (Fsp3) is 0.760. The SMILES string of the molecule is CCCCCCCCCCCCCCCCc1cc(C)c(C)c(C)c1S(=O)(=O)[O-].[NH4+]. The molecule has 0 unspecified atom stereocenters. The molecule has 176 valence electrons. The highest BCUT2D eigenvalue weighted by atomic mass is 32.2. The van der Waals surface area contributed by atoms with Crippen molar-refractivity contribution in [2.24, 2.45) is 0 Å². The van der Waals surface area contributed by atoms with Crippen LogP contribution in [0.3, 0.4) is 0 Å². The molecular formula is C25H47NO3S. The van der Waals surface area contributed by atoms with Crippen LogP contribution < -0.4 is 6.15 Å². The van der Waals surface area contributed by atoms with Crippen LogP contribution in [0.4, 0.5) is 0 Å². The number of unbranched alkanes of at least 4 members (excludes halogenated alkanes) is 13. The third kappa shape index (κ3) is 10.9. The molecule has 0 saturated carbocycles. The lowest BCUT2D eigenvalue weighted by atomic mass is 9.97. The van der Waals surface area contributed by atoms with E-state index in [0.29, 0.717) is 17.5 Å². The molecule has 1 rings (SSSR count). The largest absolute Gasteiger partial charge is 0.744 e. The third-order valence-electron chi connectivity index (χ3n) is 6.23. The third-order valence-corrected chi connectivity index (χ3v) is 7.30. The number of rotatable bonds is 16. The number of aryl methyl sites for hydroxylation is 2. The van der Waals surface area contributed by atoms with Gasteiger partial charge in [-0.15, -0.1) is 0 Å². The van der Waals surface area contributed by atoms with E-state index < -0.39 is 10.1 Å². The molecule has 0 heterocycles. The first-order valence-electron chi connectivity index (χ1n) is 11.8. The van der Waals surface area contributed by atoms with Crippen molar-refractivity contribution in [1.29, 1.82) is 0 Å². The monoisotopic (exact) mass is 441 g/mol. The highest BCUT2D eigenvalue weighted by Crippen LogP contribution is 2.27. The topological polar surface area (TPSA) is 93.7 Å². The van der Waals surface area contributed by atoms with Crippen LogP contribution in [0.5, 0.6) is 0 Å². The lowest BCUT2D eigenvalue weighted by Gasteiger charge is -2.19. The Morgan fingerprint density at radius 3 is 1.50 bits per heavy atom. The van der Waals surface area contributed by atoms with Gasteiger partial charge in [-0.25, -0.2) is 8.42 Å². The smallest absolute Gasteiger partial charge is 0.124 e. The van der Waals surface area contributed by atoms with Gasteiger partial charge in [-0.3, -0.25) is 0 Å². The predicted octanol–water partition coefficient (Wildman–Crippen LogP) is 7.92. The van der Waals surface area contributed by atoms with E-state index in [4.69, 9.17) is 0 Å². The second kappa shape index (κ2) is 15.8. The van der Waals surface area contributed by atoms with E-state index in [1.54, 1.807) is 6.92 Å². The molecule has 5 heteroatoms. The summed E-state index contributed by atoms with van der Waals surface area (Å²) in [5.74, 6) is 0. The number of hydrogen-bond acceptors (Lipinski definition) is 3. The highest BCUT2D eigenvalue weighted by molar-refractivity contribution is 7.85. The zero-order valence-corrected chi connectivity index (χ0v) is 21.1.